The summed E-state index contributed by atoms with van der Waals surface area (Å²) in [5, 5.41) is 0. The molecule has 0 saturated heterocycles. The maximum Gasteiger partial charge on any atom is 0.130 e. The molecule has 0 heterocycles. The Morgan fingerprint density at radius 1 is 1.31 bits per heavy atom. The Balaban J connectivity index is 2.63. The van der Waals surface area contributed by atoms with E-state index in [9.17, 15) is 4.39 Å². The number of benzene rings is 1. The van der Waals surface area contributed by atoms with Gasteiger partial charge in [0.05, 0.1) is 0 Å². The van der Waals surface area contributed by atoms with Crippen LogP contribution in [0, 0.1) is 11.7 Å². The van der Waals surface area contributed by atoms with Crippen LogP contribution in [0.4, 0.5) is 4.39 Å². The Morgan fingerprint density at radius 3 is 2.62 bits per heavy atom. The Morgan fingerprint density at radius 2 is 2.00 bits per heavy atom. The number of hydrogen-bond donors (Lipinski definition) is 0. The topological polar surface area (TPSA) is 0 Å². The van der Waals surface area contributed by atoms with Crippen molar-refractivity contribution >= 4 is 6.08 Å². The average molecular weight is 178 g/mol. The van der Waals surface area contributed by atoms with Gasteiger partial charge in [0.2, 0.25) is 0 Å². The summed E-state index contributed by atoms with van der Waals surface area (Å²) >= 11 is 0. The van der Waals surface area contributed by atoms with Crippen molar-refractivity contribution in [1.29, 1.82) is 0 Å². The third-order valence-electron chi connectivity index (χ3n) is 1.81. The third-order valence-corrected chi connectivity index (χ3v) is 1.81. The molecule has 0 aromatic heterocycles. The highest BCUT2D eigenvalue weighted by Gasteiger charge is 1.94. The molecule has 0 unspecified atom stereocenters. The summed E-state index contributed by atoms with van der Waals surface area (Å²) in [5.41, 5.74) is 0.670. The Hall–Kier alpha value is -1.11. The molecule has 13 heavy (non-hydrogen) atoms. The van der Waals surface area contributed by atoms with Gasteiger partial charge in [-0.2, -0.15) is 0 Å². The molecule has 0 radical (unpaired) electrons. The lowest BCUT2D eigenvalue weighted by Gasteiger charge is -1.98. The van der Waals surface area contributed by atoms with Crippen LogP contribution in [0.2, 0.25) is 0 Å². The van der Waals surface area contributed by atoms with E-state index in [4.69, 9.17) is 0 Å². The fraction of sp³-hybridized carbons (Fsp3) is 0.333. The lowest BCUT2D eigenvalue weighted by molar-refractivity contribution is 0.624. The summed E-state index contributed by atoms with van der Waals surface area (Å²) in [6.07, 6.45) is 4.85. The van der Waals surface area contributed by atoms with Gasteiger partial charge >= 0.3 is 0 Å². The second-order valence-corrected chi connectivity index (χ2v) is 3.55. The van der Waals surface area contributed by atoms with Gasteiger partial charge in [0.1, 0.15) is 5.82 Å². The van der Waals surface area contributed by atoms with Gasteiger partial charge in [-0.25, -0.2) is 4.39 Å². The van der Waals surface area contributed by atoms with Crippen molar-refractivity contribution in [3.63, 3.8) is 0 Å². The molecule has 0 atom stereocenters. The molecule has 0 amide bonds. The SMILES string of the molecule is CC(C)C/C=C\c1ccccc1F. The molecule has 0 bridgehead atoms. The van der Waals surface area contributed by atoms with Gasteiger partial charge in [0.25, 0.3) is 0 Å². The zero-order valence-electron chi connectivity index (χ0n) is 8.13. The first-order valence-electron chi connectivity index (χ1n) is 4.61. The first-order chi connectivity index (χ1) is 6.20. The van der Waals surface area contributed by atoms with Gasteiger partial charge in [0, 0.05) is 5.56 Å². The molecule has 1 rings (SSSR count). The molecule has 0 saturated carbocycles. The van der Waals surface area contributed by atoms with Crippen molar-refractivity contribution in [1.82, 2.24) is 0 Å². The predicted octanol–water partition coefficient (Wildman–Crippen LogP) is 3.89. The van der Waals surface area contributed by atoms with E-state index in [1.165, 1.54) is 6.07 Å². The lowest BCUT2D eigenvalue weighted by atomic mass is 10.1. The highest BCUT2D eigenvalue weighted by atomic mass is 19.1. The molecule has 0 N–H and O–H groups in total. The van der Waals surface area contributed by atoms with E-state index in [-0.39, 0.29) is 5.82 Å². The summed E-state index contributed by atoms with van der Waals surface area (Å²) in [5.74, 6) is 0.477. The minimum atomic E-state index is -0.150. The van der Waals surface area contributed by atoms with Crippen molar-refractivity contribution in [3.05, 3.63) is 41.7 Å². The first kappa shape index (κ1) is 9.97. The zero-order valence-corrected chi connectivity index (χ0v) is 8.13. The second kappa shape index (κ2) is 4.80. The molecule has 1 aromatic rings. The Kier molecular flexibility index (Phi) is 3.69. The number of allylic oxidation sites excluding steroid dienone is 1. The highest BCUT2D eigenvalue weighted by Crippen LogP contribution is 2.10. The van der Waals surface area contributed by atoms with E-state index in [0.717, 1.165) is 6.42 Å². The summed E-state index contributed by atoms with van der Waals surface area (Å²) in [4.78, 5) is 0. The molecule has 0 nitrogen and oxygen atoms in total. The van der Waals surface area contributed by atoms with Crippen LogP contribution in [-0.2, 0) is 0 Å². The fourth-order valence-corrected chi connectivity index (χ4v) is 1.08. The zero-order chi connectivity index (χ0) is 9.68. The van der Waals surface area contributed by atoms with Crippen LogP contribution in [0.5, 0.6) is 0 Å². The lowest BCUT2D eigenvalue weighted by Crippen LogP contribution is -1.83. The highest BCUT2D eigenvalue weighted by molar-refractivity contribution is 5.49. The van der Waals surface area contributed by atoms with Crippen LogP contribution in [0.25, 0.3) is 6.08 Å². The van der Waals surface area contributed by atoms with Gasteiger partial charge < -0.3 is 0 Å². The molecule has 1 aromatic carbocycles. The average Bonchev–Trinajstić information content (AvgIpc) is 2.08. The van der Waals surface area contributed by atoms with Crippen molar-refractivity contribution in [2.24, 2.45) is 5.92 Å². The minimum absolute atomic E-state index is 0.150. The van der Waals surface area contributed by atoms with E-state index >= 15 is 0 Å². The van der Waals surface area contributed by atoms with E-state index in [2.05, 4.69) is 13.8 Å². The maximum atomic E-state index is 13.1. The van der Waals surface area contributed by atoms with Crippen LogP contribution in [0.15, 0.2) is 30.3 Å². The van der Waals surface area contributed by atoms with E-state index < -0.39 is 0 Å². The number of halogens is 1. The quantitative estimate of drug-likeness (QED) is 0.658. The molecule has 0 aliphatic heterocycles. The smallest absolute Gasteiger partial charge is 0.130 e. The summed E-state index contributed by atoms with van der Waals surface area (Å²) < 4.78 is 13.1. The minimum Gasteiger partial charge on any atom is -0.206 e. The van der Waals surface area contributed by atoms with Gasteiger partial charge in [-0.3, -0.25) is 0 Å². The summed E-state index contributed by atoms with van der Waals surface area (Å²) in [7, 11) is 0. The second-order valence-electron chi connectivity index (χ2n) is 3.55. The van der Waals surface area contributed by atoms with Gasteiger partial charge in [0.15, 0.2) is 0 Å². The van der Waals surface area contributed by atoms with Crippen molar-refractivity contribution in [2.75, 3.05) is 0 Å². The Bertz CT molecular complexity index is 287. The number of hydrogen-bond acceptors (Lipinski definition) is 0. The van der Waals surface area contributed by atoms with Crippen LogP contribution in [-0.4, -0.2) is 0 Å². The standard InChI is InChI=1S/C12H15F/c1-10(2)6-5-8-11-7-3-4-9-12(11)13/h3-5,7-10H,6H2,1-2H3/b8-5-. The van der Waals surface area contributed by atoms with Crippen LogP contribution >= 0.6 is 0 Å². The van der Waals surface area contributed by atoms with Gasteiger partial charge in [-0.1, -0.05) is 44.2 Å². The number of rotatable bonds is 3. The first-order valence-corrected chi connectivity index (χ1v) is 4.61. The van der Waals surface area contributed by atoms with E-state index in [0.29, 0.717) is 11.5 Å². The molecular weight excluding hydrogens is 163 g/mol. The monoisotopic (exact) mass is 178 g/mol. The van der Waals surface area contributed by atoms with E-state index in [1.54, 1.807) is 12.1 Å². The fourth-order valence-electron chi connectivity index (χ4n) is 1.08. The van der Waals surface area contributed by atoms with Crippen molar-refractivity contribution in [3.8, 4) is 0 Å². The van der Waals surface area contributed by atoms with Gasteiger partial charge in [-0.05, 0) is 18.4 Å². The molecule has 70 valence electrons. The van der Waals surface area contributed by atoms with Crippen molar-refractivity contribution in [2.45, 2.75) is 20.3 Å². The maximum absolute atomic E-state index is 13.1. The summed E-state index contributed by atoms with van der Waals surface area (Å²) in [6.45, 7) is 4.29. The van der Waals surface area contributed by atoms with Crippen LogP contribution in [0.1, 0.15) is 25.8 Å². The third kappa shape index (κ3) is 3.41. The van der Waals surface area contributed by atoms with Crippen molar-refractivity contribution < 1.29 is 4.39 Å². The van der Waals surface area contributed by atoms with Crippen LogP contribution in [0.3, 0.4) is 0 Å². The molecular formula is C12H15F. The normalized spacial score (nSPS) is 11.4. The molecule has 0 aliphatic rings. The van der Waals surface area contributed by atoms with E-state index in [1.807, 2.05) is 18.2 Å². The largest absolute Gasteiger partial charge is 0.206 e. The summed E-state index contributed by atoms with van der Waals surface area (Å²) in [6, 6.07) is 6.81. The van der Waals surface area contributed by atoms with Crippen LogP contribution < -0.4 is 0 Å². The molecule has 0 spiro atoms. The Labute approximate surface area is 79.1 Å². The molecule has 1 heteroatoms. The molecule has 0 aliphatic carbocycles. The van der Waals surface area contributed by atoms with Gasteiger partial charge in [-0.15, -0.1) is 0 Å². The molecule has 0 fully saturated rings. The predicted molar refractivity (Wildman–Crippen MR) is 54.9 cm³/mol.